The lowest BCUT2D eigenvalue weighted by Gasteiger charge is -2.19. The fourth-order valence-electron chi connectivity index (χ4n) is 2.37. The van der Waals surface area contributed by atoms with Crippen molar-refractivity contribution in [3.8, 4) is 0 Å². The molecule has 0 amide bonds. The van der Waals surface area contributed by atoms with Gasteiger partial charge in [-0.3, -0.25) is 11.3 Å². The smallest absolute Gasteiger partial charge is 0.126 e. The zero-order chi connectivity index (χ0) is 15.6. The van der Waals surface area contributed by atoms with Gasteiger partial charge in [-0.1, -0.05) is 44.0 Å². The van der Waals surface area contributed by atoms with Crippen molar-refractivity contribution in [2.45, 2.75) is 26.3 Å². The molecule has 0 saturated carbocycles. The lowest BCUT2D eigenvalue weighted by molar-refractivity contribution is 0.528. The quantitative estimate of drug-likeness (QED) is 0.560. The summed E-state index contributed by atoms with van der Waals surface area (Å²) >= 11 is 6.93. The Morgan fingerprint density at radius 2 is 1.76 bits per heavy atom. The third kappa shape index (κ3) is 3.92. The molecule has 2 aromatic rings. The van der Waals surface area contributed by atoms with Gasteiger partial charge in [-0.05, 0) is 60.7 Å². The van der Waals surface area contributed by atoms with Gasteiger partial charge in [0.25, 0.3) is 0 Å². The van der Waals surface area contributed by atoms with Gasteiger partial charge in [0.15, 0.2) is 0 Å². The van der Waals surface area contributed by atoms with Crippen LogP contribution in [0.4, 0.5) is 4.39 Å². The fraction of sp³-hybridized carbons (Fsp3) is 0.250. The molecule has 0 radical (unpaired) electrons. The first-order valence-electron chi connectivity index (χ1n) is 6.59. The summed E-state index contributed by atoms with van der Waals surface area (Å²) in [6.45, 7) is 4.07. The van der Waals surface area contributed by atoms with Gasteiger partial charge in [0.1, 0.15) is 5.82 Å². The van der Waals surface area contributed by atoms with E-state index in [0.717, 1.165) is 25.6 Å². The number of halogens is 3. The van der Waals surface area contributed by atoms with Crippen molar-refractivity contribution < 1.29 is 4.39 Å². The molecule has 0 aliphatic rings. The van der Waals surface area contributed by atoms with Crippen LogP contribution in [0.5, 0.6) is 0 Å². The number of benzene rings is 2. The Morgan fingerprint density at radius 1 is 1.14 bits per heavy atom. The van der Waals surface area contributed by atoms with E-state index in [-0.39, 0.29) is 11.9 Å². The van der Waals surface area contributed by atoms with Gasteiger partial charge in [-0.15, -0.1) is 0 Å². The molecule has 0 spiro atoms. The maximum absolute atomic E-state index is 13.9. The van der Waals surface area contributed by atoms with Gasteiger partial charge in [-0.25, -0.2) is 4.39 Å². The molecule has 1 atom stereocenters. The van der Waals surface area contributed by atoms with Crippen molar-refractivity contribution >= 4 is 31.9 Å². The second-order valence-electron chi connectivity index (χ2n) is 5.13. The molecule has 1 unspecified atom stereocenters. The standard InChI is InChI=1S/C16H17Br2FN2/c1-9-5-12(6-10(2)16(9)18)15(21-20)8-11-7-13(17)3-4-14(11)19/h3-7,15,21H,8,20H2,1-2H3. The Kier molecular flexibility index (Phi) is 5.54. The normalized spacial score (nSPS) is 12.5. The van der Waals surface area contributed by atoms with E-state index in [1.807, 2.05) is 13.8 Å². The van der Waals surface area contributed by atoms with Gasteiger partial charge in [-0.2, -0.15) is 0 Å². The van der Waals surface area contributed by atoms with Gasteiger partial charge >= 0.3 is 0 Å². The molecule has 2 aromatic carbocycles. The van der Waals surface area contributed by atoms with Crippen LogP contribution in [0.3, 0.4) is 0 Å². The van der Waals surface area contributed by atoms with E-state index in [1.165, 1.54) is 6.07 Å². The monoisotopic (exact) mass is 414 g/mol. The van der Waals surface area contributed by atoms with Crippen molar-refractivity contribution in [2.24, 2.45) is 5.84 Å². The van der Waals surface area contributed by atoms with Crippen LogP contribution < -0.4 is 11.3 Å². The zero-order valence-corrected chi connectivity index (χ0v) is 15.1. The Morgan fingerprint density at radius 3 is 2.33 bits per heavy atom. The summed E-state index contributed by atoms with van der Waals surface area (Å²) in [7, 11) is 0. The van der Waals surface area contributed by atoms with Crippen LogP contribution in [-0.2, 0) is 6.42 Å². The van der Waals surface area contributed by atoms with Crippen molar-refractivity contribution in [1.29, 1.82) is 0 Å². The van der Waals surface area contributed by atoms with E-state index in [1.54, 1.807) is 12.1 Å². The van der Waals surface area contributed by atoms with Crippen molar-refractivity contribution in [3.05, 3.63) is 67.3 Å². The molecule has 5 heteroatoms. The van der Waals surface area contributed by atoms with E-state index in [0.29, 0.717) is 12.0 Å². The summed E-state index contributed by atoms with van der Waals surface area (Å²) in [6.07, 6.45) is 0.488. The molecular weight excluding hydrogens is 399 g/mol. The molecule has 0 aliphatic carbocycles. The zero-order valence-electron chi connectivity index (χ0n) is 11.9. The Balaban J connectivity index is 2.34. The maximum Gasteiger partial charge on any atom is 0.126 e. The average molecular weight is 416 g/mol. The number of hydrogen-bond donors (Lipinski definition) is 2. The predicted octanol–water partition coefficient (Wildman–Crippen LogP) is 4.71. The minimum Gasteiger partial charge on any atom is -0.271 e. The Hall–Kier alpha value is -0.750. The minimum absolute atomic E-state index is 0.140. The summed E-state index contributed by atoms with van der Waals surface area (Å²) in [4.78, 5) is 0. The number of hydrazine groups is 1. The molecule has 0 heterocycles. The molecule has 0 saturated heterocycles. The molecule has 0 aliphatic heterocycles. The van der Waals surface area contributed by atoms with Crippen molar-refractivity contribution in [3.63, 3.8) is 0 Å². The second kappa shape index (κ2) is 7.01. The van der Waals surface area contributed by atoms with Crippen LogP contribution in [0, 0.1) is 19.7 Å². The number of aryl methyl sites for hydroxylation is 2. The first kappa shape index (κ1) is 16.6. The van der Waals surface area contributed by atoms with Gasteiger partial charge in [0.05, 0.1) is 6.04 Å². The van der Waals surface area contributed by atoms with E-state index in [9.17, 15) is 4.39 Å². The van der Waals surface area contributed by atoms with E-state index in [4.69, 9.17) is 5.84 Å². The van der Waals surface area contributed by atoms with Crippen LogP contribution >= 0.6 is 31.9 Å². The second-order valence-corrected chi connectivity index (χ2v) is 6.84. The van der Waals surface area contributed by atoms with Crippen molar-refractivity contribution in [1.82, 2.24) is 5.43 Å². The topological polar surface area (TPSA) is 38.0 Å². The molecule has 0 aromatic heterocycles. The van der Waals surface area contributed by atoms with Crippen LogP contribution in [0.1, 0.15) is 28.3 Å². The third-order valence-electron chi connectivity index (χ3n) is 3.49. The maximum atomic E-state index is 13.9. The highest BCUT2D eigenvalue weighted by atomic mass is 79.9. The summed E-state index contributed by atoms with van der Waals surface area (Å²) in [5.41, 5.74) is 6.75. The number of hydrogen-bond acceptors (Lipinski definition) is 2. The number of nitrogens with one attached hydrogen (secondary N) is 1. The first-order valence-corrected chi connectivity index (χ1v) is 8.17. The molecule has 21 heavy (non-hydrogen) atoms. The summed E-state index contributed by atoms with van der Waals surface area (Å²) in [5, 5.41) is 0. The molecule has 2 nitrogen and oxygen atoms in total. The SMILES string of the molecule is Cc1cc(C(Cc2cc(Br)ccc2F)NN)cc(C)c1Br. The summed E-state index contributed by atoms with van der Waals surface area (Å²) in [6, 6.07) is 8.94. The van der Waals surface area contributed by atoms with Crippen LogP contribution in [0.15, 0.2) is 39.3 Å². The summed E-state index contributed by atoms with van der Waals surface area (Å²) < 4.78 is 15.9. The van der Waals surface area contributed by atoms with E-state index in [2.05, 4.69) is 49.4 Å². The molecule has 3 N–H and O–H groups in total. The highest BCUT2D eigenvalue weighted by Gasteiger charge is 2.15. The first-order chi connectivity index (χ1) is 9.92. The number of nitrogens with two attached hydrogens (primary N) is 1. The lowest BCUT2D eigenvalue weighted by atomic mass is 9.96. The fourth-order valence-corrected chi connectivity index (χ4v) is 3.01. The predicted molar refractivity (Wildman–Crippen MR) is 91.5 cm³/mol. The third-order valence-corrected chi connectivity index (χ3v) is 5.24. The highest BCUT2D eigenvalue weighted by Crippen LogP contribution is 2.28. The Bertz CT molecular complexity index is 636. The van der Waals surface area contributed by atoms with Gasteiger partial charge in [0.2, 0.25) is 0 Å². The molecule has 2 rings (SSSR count). The van der Waals surface area contributed by atoms with E-state index >= 15 is 0 Å². The van der Waals surface area contributed by atoms with Crippen LogP contribution in [0.25, 0.3) is 0 Å². The van der Waals surface area contributed by atoms with Crippen LogP contribution in [-0.4, -0.2) is 0 Å². The molecule has 0 bridgehead atoms. The average Bonchev–Trinajstić information content (AvgIpc) is 2.45. The molecular formula is C16H17Br2FN2. The molecule has 0 fully saturated rings. The summed E-state index contributed by atoms with van der Waals surface area (Å²) in [5.74, 6) is 5.46. The lowest BCUT2D eigenvalue weighted by Crippen LogP contribution is -2.30. The van der Waals surface area contributed by atoms with Gasteiger partial charge in [0, 0.05) is 8.95 Å². The largest absolute Gasteiger partial charge is 0.271 e. The van der Waals surface area contributed by atoms with E-state index < -0.39 is 0 Å². The van der Waals surface area contributed by atoms with Gasteiger partial charge < -0.3 is 0 Å². The molecule has 112 valence electrons. The van der Waals surface area contributed by atoms with Crippen molar-refractivity contribution in [2.75, 3.05) is 0 Å². The highest BCUT2D eigenvalue weighted by molar-refractivity contribution is 9.10. The van der Waals surface area contributed by atoms with Crippen LogP contribution in [0.2, 0.25) is 0 Å². The Labute approximate surface area is 141 Å². The number of rotatable bonds is 4. The minimum atomic E-state index is -0.219.